The van der Waals surface area contributed by atoms with Crippen LogP contribution < -0.4 is 10.6 Å². The summed E-state index contributed by atoms with van der Waals surface area (Å²) in [5.41, 5.74) is 2.88. The average Bonchev–Trinajstić information content (AvgIpc) is 2.61. The van der Waals surface area contributed by atoms with Crippen LogP contribution in [0, 0.1) is 12.7 Å². The van der Waals surface area contributed by atoms with Crippen molar-refractivity contribution in [2.45, 2.75) is 52.6 Å². The zero-order valence-electron chi connectivity index (χ0n) is 16.5. The highest BCUT2D eigenvalue weighted by Gasteiger charge is 2.18. The standard InChI is InChI=1S/C22H27FN2O2/c1-14-6-7-16(12-19(14)23)13-24-20(26)15(2)25-21(27)17-8-10-18(11-9-17)22(3,4)5/h6-12,15H,13H2,1-5H3,(H,24,26)(H,25,27). The van der Waals surface area contributed by atoms with Gasteiger partial charge >= 0.3 is 0 Å². The third-order valence-corrected chi connectivity index (χ3v) is 4.46. The highest BCUT2D eigenvalue weighted by atomic mass is 19.1. The monoisotopic (exact) mass is 370 g/mol. The molecule has 27 heavy (non-hydrogen) atoms. The van der Waals surface area contributed by atoms with Gasteiger partial charge in [-0.1, -0.05) is 45.0 Å². The highest BCUT2D eigenvalue weighted by molar-refractivity contribution is 5.97. The quantitative estimate of drug-likeness (QED) is 0.839. The summed E-state index contributed by atoms with van der Waals surface area (Å²) in [5, 5.41) is 5.40. The Hall–Kier alpha value is -2.69. The smallest absolute Gasteiger partial charge is 0.251 e. The molecule has 0 aliphatic carbocycles. The van der Waals surface area contributed by atoms with E-state index in [4.69, 9.17) is 0 Å². The first-order valence-corrected chi connectivity index (χ1v) is 9.02. The van der Waals surface area contributed by atoms with Gasteiger partial charge in [-0.05, 0) is 54.2 Å². The Kier molecular flexibility index (Phi) is 6.37. The molecule has 4 nitrogen and oxygen atoms in total. The summed E-state index contributed by atoms with van der Waals surface area (Å²) in [6.45, 7) is 9.82. The Labute approximate surface area is 160 Å². The lowest BCUT2D eigenvalue weighted by Gasteiger charge is -2.19. The van der Waals surface area contributed by atoms with Crippen LogP contribution in [0.5, 0.6) is 0 Å². The fraction of sp³-hybridized carbons (Fsp3) is 0.364. The summed E-state index contributed by atoms with van der Waals surface area (Å²) in [4.78, 5) is 24.5. The second-order valence-electron chi connectivity index (χ2n) is 7.82. The zero-order valence-corrected chi connectivity index (χ0v) is 16.5. The van der Waals surface area contributed by atoms with Crippen LogP contribution in [0.1, 0.15) is 54.7 Å². The van der Waals surface area contributed by atoms with E-state index in [1.54, 1.807) is 38.1 Å². The lowest BCUT2D eigenvalue weighted by Crippen LogP contribution is -2.44. The topological polar surface area (TPSA) is 58.2 Å². The first-order chi connectivity index (χ1) is 12.6. The molecule has 1 unspecified atom stereocenters. The molecule has 0 aliphatic heterocycles. The van der Waals surface area contributed by atoms with Crippen LogP contribution in [0.3, 0.4) is 0 Å². The van der Waals surface area contributed by atoms with Crippen molar-refractivity contribution in [1.29, 1.82) is 0 Å². The summed E-state index contributed by atoms with van der Waals surface area (Å²) in [7, 11) is 0. The number of halogens is 1. The van der Waals surface area contributed by atoms with E-state index in [0.29, 0.717) is 16.7 Å². The molecule has 2 aromatic carbocycles. The summed E-state index contributed by atoms with van der Waals surface area (Å²) in [6.07, 6.45) is 0. The first kappa shape index (κ1) is 20.6. The minimum absolute atomic E-state index is 0.0115. The molecule has 1 atom stereocenters. The highest BCUT2D eigenvalue weighted by Crippen LogP contribution is 2.22. The third-order valence-electron chi connectivity index (χ3n) is 4.46. The largest absolute Gasteiger partial charge is 0.350 e. The molecule has 2 aromatic rings. The van der Waals surface area contributed by atoms with E-state index < -0.39 is 6.04 Å². The van der Waals surface area contributed by atoms with Gasteiger partial charge in [0.05, 0.1) is 0 Å². The lowest BCUT2D eigenvalue weighted by molar-refractivity contribution is -0.122. The van der Waals surface area contributed by atoms with Crippen LogP contribution in [0.15, 0.2) is 42.5 Å². The van der Waals surface area contributed by atoms with E-state index in [-0.39, 0.29) is 29.6 Å². The van der Waals surface area contributed by atoms with Crippen LogP contribution in [-0.2, 0) is 16.8 Å². The van der Waals surface area contributed by atoms with E-state index in [1.165, 1.54) is 6.07 Å². The Morgan fingerprint density at radius 2 is 1.70 bits per heavy atom. The van der Waals surface area contributed by atoms with Crippen molar-refractivity contribution in [3.05, 3.63) is 70.5 Å². The summed E-state index contributed by atoms with van der Waals surface area (Å²) in [6, 6.07) is 11.5. The molecule has 0 spiro atoms. The van der Waals surface area contributed by atoms with Crippen molar-refractivity contribution in [3.8, 4) is 0 Å². The fourth-order valence-electron chi connectivity index (χ4n) is 2.56. The number of amides is 2. The molecule has 2 amide bonds. The number of carbonyl (C=O) groups excluding carboxylic acids is 2. The van der Waals surface area contributed by atoms with Crippen molar-refractivity contribution in [1.82, 2.24) is 10.6 Å². The number of benzene rings is 2. The van der Waals surface area contributed by atoms with E-state index in [0.717, 1.165) is 5.56 Å². The van der Waals surface area contributed by atoms with E-state index in [9.17, 15) is 14.0 Å². The number of hydrogen-bond donors (Lipinski definition) is 2. The van der Waals surface area contributed by atoms with Gasteiger partial charge in [-0.25, -0.2) is 4.39 Å². The predicted molar refractivity (Wildman–Crippen MR) is 105 cm³/mol. The van der Waals surface area contributed by atoms with Gasteiger partial charge in [0.15, 0.2) is 0 Å². The van der Waals surface area contributed by atoms with Crippen LogP contribution in [0.4, 0.5) is 4.39 Å². The van der Waals surface area contributed by atoms with Crippen LogP contribution >= 0.6 is 0 Å². The second-order valence-corrected chi connectivity index (χ2v) is 7.82. The van der Waals surface area contributed by atoms with Crippen molar-refractivity contribution < 1.29 is 14.0 Å². The van der Waals surface area contributed by atoms with Gasteiger partial charge in [0.1, 0.15) is 11.9 Å². The van der Waals surface area contributed by atoms with Crippen molar-refractivity contribution >= 4 is 11.8 Å². The average molecular weight is 370 g/mol. The van der Waals surface area contributed by atoms with Gasteiger partial charge in [0, 0.05) is 12.1 Å². The van der Waals surface area contributed by atoms with Crippen LogP contribution in [0.2, 0.25) is 0 Å². The Balaban J connectivity index is 1.91. The SMILES string of the molecule is Cc1ccc(CNC(=O)C(C)NC(=O)c2ccc(C(C)(C)C)cc2)cc1F. The normalized spacial score (nSPS) is 12.4. The molecular weight excluding hydrogens is 343 g/mol. The van der Waals surface area contributed by atoms with E-state index in [1.807, 2.05) is 12.1 Å². The number of aryl methyl sites for hydroxylation is 1. The molecule has 0 bridgehead atoms. The third kappa shape index (κ3) is 5.64. The second kappa shape index (κ2) is 8.33. The molecule has 144 valence electrons. The molecule has 0 heterocycles. The number of hydrogen-bond acceptors (Lipinski definition) is 2. The Bertz CT molecular complexity index is 823. The van der Waals surface area contributed by atoms with Gasteiger partial charge in [-0.15, -0.1) is 0 Å². The lowest BCUT2D eigenvalue weighted by atomic mass is 9.86. The maximum Gasteiger partial charge on any atom is 0.251 e. The Morgan fingerprint density at radius 1 is 1.07 bits per heavy atom. The minimum atomic E-state index is -0.699. The molecule has 0 saturated heterocycles. The minimum Gasteiger partial charge on any atom is -0.350 e. The molecule has 0 saturated carbocycles. The first-order valence-electron chi connectivity index (χ1n) is 9.02. The van der Waals surface area contributed by atoms with Gasteiger partial charge < -0.3 is 10.6 Å². The summed E-state index contributed by atoms with van der Waals surface area (Å²) >= 11 is 0. The van der Waals surface area contributed by atoms with Crippen molar-refractivity contribution in [2.75, 3.05) is 0 Å². The van der Waals surface area contributed by atoms with Gasteiger partial charge in [0.25, 0.3) is 5.91 Å². The van der Waals surface area contributed by atoms with Gasteiger partial charge in [0.2, 0.25) is 5.91 Å². The fourth-order valence-corrected chi connectivity index (χ4v) is 2.56. The number of carbonyl (C=O) groups is 2. The maximum absolute atomic E-state index is 13.6. The molecular formula is C22H27FN2O2. The maximum atomic E-state index is 13.6. The molecule has 0 fully saturated rings. The van der Waals surface area contributed by atoms with E-state index >= 15 is 0 Å². The molecule has 5 heteroatoms. The number of nitrogens with one attached hydrogen (secondary N) is 2. The Morgan fingerprint density at radius 3 is 2.26 bits per heavy atom. The van der Waals surface area contributed by atoms with Crippen molar-refractivity contribution in [3.63, 3.8) is 0 Å². The number of rotatable bonds is 5. The zero-order chi connectivity index (χ0) is 20.2. The van der Waals surface area contributed by atoms with Gasteiger partial charge in [-0.3, -0.25) is 9.59 Å². The van der Waals surface area contributed by atoms with Crippen LogP contribution in [-0.4, -0.2) is 17.9 Å². The molecule has 0 radical (unpaired) electrons. The van der Waals surface area contributed by atoms with Gasteiger partial charge in [-0.2, -0.15) is 0 Å². The van der Waals surface area contributed by atoms with Crippen molar-refractivity contribution in [2.24, 2.45) is 0 Å². The predicted octanol–water partition coefficient (Wildman–Crippen LogP) is 3.87. The van der Waals surface area contributed by atoms with Crippen LogP contribution in [0.25, 0.3) is 0 Å². The molecule has 0 aromatic heterocycles. The summed E-state index contributed by atoms with van der Waals surface area (Å²) < 4.78 is 13.6. The van der Waals surface area contributed by atoms with E-state index in [2.05, 4.69) is 31.4 Å². The molecule has 2 rings (SSSR count). The molecule has 2 N–H and O–H groups in total. The molecule has 0 aliphatic rings. The summed E-state index contributed by atoms with van der Waals surface area (Å²) in [5.74, 6) is -0.933.